The molecule has 0 aromatic heterocycles. The molecule has 1 rings (SSSR count). The molecule has 0 saturated carbocycles. The third-order valence-electron chi connectivity index (χ3n) is 3.01. The van der Waals surface area contributed by atoms with Crippen LogP contribution >= 0.6 is 0 Å². The summed E-state index contributed by atoms with van der Waals surface area (Å²) in [6.07, 6.45) is 1.54. The fourth-order valence-electron chi connectivity index (χ4n) is 2.43. The minimum absolute atomic E-state index is 0.0218. The number of rotatable bonds is 5. The third-order valence-corrected chi connectivity index (χ3v) is 3.01. The SMILES string of the molecule is COc1cc(NC(=O)CC(C)CC(C)(C)C)ccc1N. The first-order valence-corrected chi connectivity index (χ1v) is 6.94. The van der Waals surface area contributed by atoms with Gasteiger partial charge < -0.3 is 15.8 Å². The van der Waals surface area contributed by atoms with Crippen LogP contribution in [-0.2, 0) is 4.79 Å². The lowest BCUT2D eigenvalue weighted by atomic mass is 9.84. The monoisotopic (exact) mass is 278 g/mol. The highest BCUT2D eigenvalue weighted by Gasteiger charge is 2.17. The van der Waals surface area contributed by atoms with Crippen molar-refractivity contribution >= 4 is 17.3 Å². The predicted octanol–water partition coefficient (Wildman–Crippen LogP) is 3.68. The molecule has 0 aliphatic carbocycles. The Labute approximate surface area is 121 Å². The molecule has 0 radical (unpaired) electrons. The Balaban J connectivity index is 2.58. The van der Waals surface area contributed by atoms with Crippen LogP contribution in [0, 0.1) is 11.3 Å². The summed E-state index contributed by atoms with van der Waals surface area (Å²) in [5, 5.41) is 2.89. The van der Waals surface area contributed by atoms with Crippen LogP contribution in [0.1, 0.15) is 40.5 Å². The maximum Gasteiger partial charge on any atom is 0.224 e. The van der Waals surface area contributed by atoms with E-state index in [1.165, 1.54) is 0 Å². The van der Waals surface area contributed by atoms with Crippen molar-refractivity contribution in [2.45, 2.75) is 40.5 Å². The van der Waals surface area contributed by atoms with Crippen molar-refractivity contribution < 1.29 is 9.53 Å². The number of carbonyl (C=O) groups excluding carboxylic acids is 1. The van der Waals surface area contributed by atoms with Crippen LogP contribution in [0.3, 0.4) is 0 Å². The second kappa shape index (κ2) is 6.64. The first kappa shape index (κ1) is 16.3. The third kappa shape index (κ3) is 5.51. The molecule has 20 heavy (non-hydrogen) atoms. The zero-order chi connectivity index (χ0) is 15.3. The number of anilines is 2. The minimum atomic E-state index is 0.0218. The van der Waals surface area contributed by atoms with Crippen molar-refractivity contribution in [3.8, 4) is 5.75 Å². The van der Waals surface area contributed by atoms with Crippen LogP contribution in [-0.4, -0.2) is 13.0 Å². The maximum absolute atomic E-state index is 12.0. The topological polar surface area (TPSA) is 64.3 Å². The van der Waals surface area contributed by atoms with Crippen molar-refractivity contribution in [2.24, 2.45) is 11.3 Å². The van der Waals surface area contributed by atoms with E-state index in [-0.39, 0.29) is 11.3 Å². The largest absolute Gasteiger partial charge is 0.495 e. The second-order valence-electron chi connectivity index (χ2n) is 6.58. The van der Waals surface area contributed by atoms with Gasteiger partial charge in [-0.05, 0) is 29.9 Å². The van der Waals surface area contributed by atoms with Gasteiger partial charge in [0.2, 0.25) is 5.91 Å². The normalized spacial score (nSPS) is 12.8. The predicted molar refractivity (Wildman–Crippen MR) is 83.9 cm³/mol. The molecule has 0 spiro atoms. The molecule has 112 valence electrons. The lowest BCUT2D eigenvalue weighted by molar-refractivity contribution is -0.117. The average molecular weight is 278 g/mol. The summed E-state index contributed by atoms with van der Waals surface area (Å²) in [6, 6.07) is 5.25. The summed E-state index contributed by atoms with van der Waals surface area (Å²) in [6.45, 7) is 8.67. The maximum atomic E-state index is 12.0. The second-order valence-corrected chi connectivity index (χ2v) is 6.58. The van der Waals surface area contributed by atoms with Crippen molar-refractivity contribution in [3.05, 3.63) is 18.2 Å². The van der Waals surface area contributed by atoms with Crippen molar-refractivity contribution in [1.82, 2.24) is 0 Å². The number of nitrogens with one attached hydrogen (secondary N) is 1. The summed E-state index contributed by atoms with van der Waals surface area (Å²) in [5.41, 5.74) is 7.26. The van der Waals surface area contributed by atoms with Crippen molar-refractivity contribution in [2.75, 3.05) is 18.2 Å². The van der Waals surface area contributed by atoms with Crippen LogP contribution in [0.2, 0.25) is 0 Å². The van der Waals surface area contributed by atoms with Crippen LogP contribution in [0.5, 0.6) is 5.75 Å². The van der Waals surface area contributed by atoms with E-state index in [9.17, 15) is 4.79 Å². The molecule has 1 atom stereocenters. The Bertz CT molecular complexity index is 464. The van der Waals surface area contributed by atoms with Gasteiger partial charge >= 0.3 is 0 Å². The van der Waals surface area contributed by atoms with E-state index >= 15 is 0 Å². The molecular formula is C16H26N2O2. The Morgan fingerprint density at radius 2 is 2.05 bits per heavy atom. The van der Waals surface area contributed by atoms with E-state index in [4.69, 9.17) is 10.5 Å². The van der Waals surface area contributed by atoms with Crippen LogP contribution in [0.25, 0.3) is 0 Å². The number of nitrogen functional groups attached to an aromatic ring is 1. The van der Waals surface area contributed by atoms with Gasteiger partial charge in [0.1, 0.15) is 5.75 Å². The van der Waals surface area contributed by atoms with Gasteiger partial charge in [0.25, 0.3) is 0 Å². The summed E-state index contributed by atoms with van der Waals surface area (Å²) in [4.78, 5) is 12.0. The van der Waals surface area contributed by atoms with E-state index < -0.39 is 0 Å². The standard InChI is InChI=1S/C16H26N2O2/c1-11(10-16(2,3)4)8-15(19)18-12-6-7-13(17)14(9-12)20-5/h6-7,9,11H,8,10,17H2,1-5H3,(H,18,19). The van der Waals surface area contributed by atoms with Crippen molar-refractivity contribution in [1.29, 1.82) is 0 Å². The van der Waals surface area contributed by atoms with E-state index in [2.05, 4.69) is 33.0 Å². The highest BCUT2D eigenvalue weighted by atomic mass is 16.5. The zero-order valence-corrected chi connectivity index (χ0v) is 13.1. The number of hydrogen-bond donors (Lipinski definition) is 2. The number of amides is 1. The smallest absolute Gasteiger partial charge is 0.224 e. The Morgan fingerprint density at radius 1 is 1.40 bits per heavy atom. The molecule has 0 fully saturated rings. The number of methoxy groups -OCH3 is 1. The minimum Gasteiger partial charge on any atom is -0.495 e. The summed E-state index contributed by atoms with van der Waals surface area (Å²) in [5.74, 6) is 0.949. The fourth-order valence-corrected chi connectivity index (χ4v) is 2.43. The number of benzene rings is 1. The van der Waals surface area contributed by atoms with Gasteiger partial charge in [0, 0.05) is 18.2 Å². The first-order valence-electron chi connectivity index (χ1n) is 6.94. The van der Waals surface area contributed by atoms with Gasteiger partial charge in [-0.25, -0.2) is 0 Å². The van der Waals surface area contributed by atoms with Gasteiger partial charge in [0.05, 0.1) is 12.8 Å². The van der Waals surface area contributed by atoms with Gasteiger partial charge in [-0.2, -0.15) is 0 Å². The average Bonchev–Trinajstić information content (AvgIpc) is 2.28. The molecule has 4 heteroatoms. The Morgan fingerprint density at radius 3 is 2.60 bits per heavy atom. The van der Waals surface area contributed by atoms with Gasteiger partial charge in [-0.3, -0.25) is 4.79 Å². The van der Waals surface area contributed by atoms with Crippen molar-refractivity contribution in [3.63, 3.8) is 0 Å². The van der Waals surface area contributed by atoms with E-state index in [1.54, 1.807) is 25.3 Å². The Hall–Kier alpha value is -1.71. The lowest BCUT2D eigenvalue weighted by Crippen LogP contribution is -2.18. The number of carbonyl (C=O) groups is 1. The quantitative estimate of drug-likeness (QED) is 0.807. The Kier molecular flexibility index (Phi) is 5.43. The van der Waals surface area contributed by atoms with Crippen LogP contribution in [0.4, 0.5) is 11.4 Å². The number of ether oxygens (including phenoxy) is 1. The molecule has 1 amide bonds. The number of nitrogens with two attached hydrogens (primary N) is 1. The molecule has 1 aromatic carbocycles. The molecule has 0 heterocycles. The molecule has 0 bridgehead atoms. The van der Waals surface area contributed by atoms with Gasteiger partial charge in [0.15, 0.2) is 0 Å². The molecule has 0 saturated heterocycles. The summed E-state index contributed by atoms with van der Waals surface area (Å²) < 4.78 is 5.14. The van der Waals surface area contributed by atoms with Crippen LogP contribution < -0.4 is 15.8 Å². The van der Waals surface area contributed by atoms with Gasteiger partial charge in [-0.15, -0.1) is 0 Å². The summed E-state index contributed by atoms with van der Waals surface area (Å²) >= 11 is 0. The lowest BCUT2D eigenvalue weighted by Gasteiger charge is -2.22. The van der Waals surface area contributed by atoms with Crippen LogP contribution in [0.15, 0.2) is 18.2 Å². The molecule has 0 aliphatic rings. The summed E-state index contributed by atoms with van der Waals surface area (Å²) in [7, 11) is 1.56. The van der Waals surface area contributed by atoms with E-state index in [0.29, 0.717) is 29.5 Å². The molecule has 1 aromatic rings. The molecule has 4 nitrogen and oxygen atoms in total. The highest BCUT2D eigenvalue weighted by molar-refractivity contribution is 5.91. The molecular weight excluding hydrogens is 252 g/mol. The highest BCUT2D eigenvalue weighted by Crippen LogP contribution is 2.27. The molecule has 1 unspecified atom stereocenters. The van der Waals surface area contributed by atoms with E-state index in [1.807, 2.05) is 0 Å². The van der Waals surface area contributed by atoms with E-state index in [0.717, 1.165) is 6.42 Å². The first-order chi connectivity index (χ1) is 9.21. The molecule has 0 aliphatic heterocycles. The fraction of sp³-hybridized carbons (Fsp3) is 0.562. The molecule has 3 N–H and O–H groups in total. The van der Waals surface area contributed by atoms with Gasteiger partial charge in [-0.1, -0.05) is 27.7 Å². The zero-order valence-electron chi connectivity index (χ0n) is 13.1. The number of hydrogen-bond acceptors (Lipinski definition) is 3.